The molecule has 0 saturated carbocycles. The van der Waals surface area contributed by atoms with E-state index in [4.69, 9.17) is 5.11 Å². The quantitative estimate of drug-likeness (QED) is 0.827. The molecule has 0 saturated heterocycles. The molecule has 0 aromatic carbocycles. The highest BCUT2D eigenvalue weighted by molar-refractivity contribution is 5.66. The average molecular weight is 210 g/mol. The molecule has 0 fully saturated rings. The number of nitrogens with zero attached hydrogens (tertiary/aromatic N) is 2. The van der Waals surface area contributed by atoms with E-state index in [1.165, 1.54) is 0 Å². The van der Waals surface area contributed by atoms with E-state index in [1.54, 1.807) is 0 Å². The molecule has 0 spiro atoms. The molecule has 0 amide bonds. The maximum absolute atomic E-state index is 10.3. The Morgan fingerprint density at radius 2 is 2.20 bits per heavy atom. The van der Waals surface area contributed by atoms with Crippen LogP contribution in [0.15, 0.2) is 12.4 Å². The van der Waals surface area contributed by atoms with E-state index in [2.05, 4.69) is 25.9 Å². The summed E-state index contributed by atoms with van der Waals surface area (Å²) >= 11 is 0. The van der Waals surface area contributed by atoms with Crippen LogP contribution < -0.4 is 0 Å². The Kier molecular flexibility index (Phi) is 3.50. The van der Waals surface area contributed by atoms with Gasteiger partial charge in [-0.15, -0.1) is 0 Å². The van der Waals surface area contributed by atoms with Crippen LogP contribution in [-0.2, 0) is 16.8 Å². The van der Waals surface area contributed by atoms with E-state index in [0.29, 0.717) is 6.42 Å². The number of carboxylic acids is 1. The standard InChI is InChI=1S/C11H18N2O2/c1-11(2,3)13-8-9(7-12-13)5-4-6-10(14)15/h7-8H,4-6H2,1-3H3,(H,14,15). The Bertz CT molecular complexity index is 337. The summed E-state index contributed by atoms with van der Waals surface area (Å²) in [6.07, 6.45) is 5.48. The number of aryl methyl sites for hydroxylation is 1. The molecule has 84 valence electrons. The number of rotatable bonds is 4. The molecule has 0 aliphatic carbocycles. The van der Waals surface area contributed by atoms with Crippen molar-refractivity contribution in [1.82, 2.24) is 9.78 Å². The van der Waals surface area contributed by atoms with Crippen LogP contribution in [0, 0.1) is 0 Å². The molecule has 1 heterocycles. The minimum absolute atomic E-state index is 0.00888. The van der Waals surface area contributed by atoms with Crippen molar-refractivity contribution in [2.75, 3.05) is 0 Å². The Balaban J connectivity index is 2.50. The van der Waals surface area contributed by atoms with E-state index >= 15 is 0 Å². The first kappa shape index (κ1) is 11.8. The largest absolute Gasteiger partial charge is 0.481 e. The molecule has 1 rings (SSSR count). The third-order valence-corrected chi connectivity index (χ3v) is 2.18. The molecule has 0 radical (unpaired) electrons. The first-order valence-electron chi connectivity index (χ1n) is 5.15. The number of carboxylic acid groups (broad SMARTS) is 1. The van der Waals surface area contributed by atoms with Gasteiger partial charge in [-0.3, -0.25) is 9.48 Å². The lowest BCUT2D eigenvalue weighted by Crippen LogP contribution is -2.21. The zero-order valence-electron chi connectivity index (χ0n) is 9.53. The van der Waals surface area contributed by atoms with Crippen LogP contribution in [0.3, 0.4) is 0 Å². The van der Waals surface area contributed by atoms with Gasteiger partial charge in [0.25, 0.3) is 0 Å². The molecule has 4 heteroatoms. The maximum Gasteiger partial charge on any atom is 0.303 e. The number of carbonyl (C=O) groups is 1. The summed E-state index contributed by atoms with van der Waals surface area (Å²) in [5, 5.41) is 12.8. The Labute approximate surface area is 89.9 Å². The van der Waals surface area contributed by atoms with Crippen molar-refractivity contribution in [2.45, 2.75) is 45.6 Å². The molecule has 4 nitrogen and oxygen atoms in total. The summed E-state index contributed by atoms with van der Waals surface area (Å²) in [5.74, 6) is -0.738. The molecule has 0 aliphatic rings. The normalized spacial score (nSPS) is 11.7. The average Bonchev–Trinajstić information content (AvgIpc) is 2.51. The van der Waals surface area contributed by atoms with Gasteiger partial charge in [-0.25, -0.2) is 0 Å². The second-order valence-electron chi connectivity index (χ2n) is 4.71. The number of hydrogen-bond acceptors (Lipinski definition) is 2. The van der Waals surface area contributed by atoms with Crippen LogP contribution in [0.5, 0.6) is 0 Å². The smallest absolute Gasteiger partial charge is 0.303 e. The van der Waals surface area contributed by atoms with Crippen LogP contribution >= 0.6 is 0 Å². The van der Waals surface area contributed by atoms with Crippen molar-refractivity contribution >= 4 is 5.97 Å². The van der Waals surface area contributed by atoms with Gasteiger partial charge in [0.2, 0.25) is 0 Å². The summed E-state index contributed by atoms with van der Waals surface area (Å²) < 4.78 is 1.91. The van der Waals surface area contributed by atoms with Gasteiger partial charge >= 0.3 is 5.97 Å². The van der Waals surface area contributed by atoms with E-state index in [0.717, 1.165) is 12.0 Å². The van der Waals surface area contributed by atoms with Crippen LogP contribution in [0.1, 0.15) is 39.2 Å². The second kappa shape index (κ2) is 4.47. The van der Waals surface area contributed by atoms with E-state index in [1.807, 2.05) is 17.1 Å². The van der Waals surface area contributed by atoms with Gasteiger partial charge in [0.05, 0.1) is 11.7 Å². The minimum atomic E-state index is -0.738. The lowest BCUT2D eigenvalue weighted by Gasteiger charge is -2.18. The summed E-state index contributed by atoms with van der Waals surface area (Å²) in [6.45, 7) is 6.25. The molecule has 15 heavy (non-hydrogen) atoms. The number of hydrogen-bond donors (Lipinski definition) is 1. The topological polar surface area (TPSA) is 55.1 Å². The van der Waals surface area contributed by atoms with Crippen LogP contribution in [0.2, 0.25) is 0 Å². The zero-order chi connectivity index (χ0) is 11.5. The fourth-order valence-electron chi connectivity index (χ4n) is 1.30. The third kappa shape index (κ3) is 3.73. The summed E-state index contributed by atoms with van der Waals surface area (Å²) in [4.78, 5) is 10.3. The summed E-state index contributed by atoms with van der Waals surface area (Å²) in [6, 6.07) is 0. The Hall–Kier alpha value is -1.32. The molecule has 1 N–H and O–H groups in total. The molecule has 0 atom stereocenters. The molecular formula is C11H18N2O2. The van der Waals surface area contributed by atoms with E-state index in [9.17, 15) is 4.79 Å². The second-order valence-corrected chi connectivity index (χ2v) is 4.71. The van der Waals surface area contributed by atoms with Gasteiger partial charge in [0.15, 0.2) is 0 Å². The van der Waals surface area contributed by atoms with Crippen molar-refractivity contribution in [3.8, 4) is 0 Å². The van der Waals surface area contributed by atoms with Crippen molar-refractivity contribution in [3.63, 3.8) is 0 Å². The molecule has 0 aliphatic heterocycles. The van der Waals surface area contributed by atoms with Gasteiger partial charge in [0, 0.05) is 12.6 Å². The van der Waals surface area contributed by atoms with Crippen molar-refractivity contribution in [1.29, 1.82) is 0 Å². The van der Waals surface area contributed by atoms with Gasteiger partial charge in [-0.2, -0.15) is 5.10 Å². The van der Waals surface area contributed by atoms with Crippen molar-refractivity contribution in [3.05, 3.63) is 18.0 Å². The van der Waals surface area contributed by atoms with Crippen LogP contribution in [0.4, 0.5) is 0 Å². The van der Waals surface area contributed by atoms with Gasteiger partial charge < -0.3 is 5.11 Å². The first-order chi connectivity index (χ1) is 6.89. The molecular weight excluding hydrogens is 192 g/mol. The number of aliphatic carboxylic acids is 1. The van der Waals surface area contributed by atoms with Crippen molar-refractivity contribution < 1.29 is 9.90 Å². The highest BCUT2D eigenvalue weighted by Crippen LogP contribution is 2.14. The van der Waals surface area contributed by atoms with Crippen LogP contribution in [0.25, 0.3) is 0 Å². The molecule has 1 aromatic rings. The first-order valence-corrected chi connectivity index (χ1v) is 5.15. The number of aromatic nitrogens is 2. The SMILES string of the molecule is CC(C)(C)n1cc(CCCC(=O)O)cn1. The van der Waals surface area contributed by atoms with E-state index < -0.39 is 5.97 Å². The summed E-state index contributed by atoms with van der Waals surface area (Å²) in [5.41, 5.74) is 1.09. The van der Waals surface area contributed by atoms with Gasteiger partial charge in [-0.05, 0) is 39.2 Å². The molecule has 0 unspecified atom stereocenters. The lowest BCUT2D eigenvalue weighted by atomic mass is 10.1. The van der Waals surface area contributed by atoms with Gasteiger partial charge in [0.1, 0.15) is 0 Å². The Morgan fingerprint density at radius 3 is 2.67 bits per heavy atom. The minimum Gasteiger partial charge on any atom is -0.481 e. The fourth-order valence-corrected chi connectivity index (χ4v) is 1.30. The highest BCUT2D eigenvalue weighted by Gasteiger charge is 2.13. The Morgan fingerprint density at radius 1 is 1.53 bits per heavy atom. The monoisotopic (exact) mass is 210 g/mol. The lowest BCUT2D eigenvalue weighted by molar-refractivity contribution is -0.137. The van der Waals surface area contributed by atoms with E-state index in [-0.39, 0.29) is 12.0 Å². The summed E-state index contributed by atoms with van der Waals surface area (Å²) in [7, 11) is 0. The van der Waals surface area contributed by atoms with Gasteiger partial charge in [-0.1, -0.05) is 0 Å². The zero-order valence-corrected chi connectivity index (χ0v) is 9.53. The third-order valence-electron chi connectivity index (χ3n) is 2.18. The molecule has 1 aromatic heterocycles. The maximum atomic E-state index is 10.3. The fraction of sp³-hybridized carbons (Fsp3) is 0.636. The highest BCUT2D eigenvalue weighted by atomic mass is 16.4. The van der Waals surface area contributed by atoms with Crippen molar-refractivity contribution in [2.24, 2.45) is 0 Å². The van der Waals surface area contributed by atoms with Crippen LogP contribution in [-0.4, -0.2) is 20.9 Å². The molecule has 0 bridgehead atoms. The predicted molar refractivity (Wildman–Crippen MR) is 57.8 cm³/mol. The predicted octanol–water partition coefficient (Wildman–Crippen LogP) is 2.05.